The highest BCUT2D eigenvalue weighted by Gasteiger charge is 2.23. The maximum absolute atomic E-state index is 14.4. The van der Waals surface area contributed by atoms with Crippen LogP contribution in [0, 0.1) is 17.7 Å². The summed E-state index contributed by atoms with van der Waals surface area (Å²) in [6.07, 6.45) is 16.5. The number of halogens is 1. The molecule has 1 aliphatic carbocycles. The molecule has 1 aromatic rings. The molecule has 0 N–H and O–H groups in total. The van der Waals surface area contributed by atoms with Gasteiger partial charge in [0.1, 0.15) is 6.10 Å². The molecule has 1 nitrogen and oxygen atoms in total. The molecule has 138 valence electrons. The lowest BCUT2D eigenvalue weighted by atomic mass is 9.80. The number of ether oxygens (including phenoxy) is 1. The Bertz CT molecular complexity index is 584. The number of rotatable bonds is 6. The highest BCUT2D eigenvalue weighted by atomic mass is 19.1. The van der Waals surface area contributed by atoms with Crippen molar-refractivity contribution in [2.24, 2.45) is 11.8 Å². The van der Waals surface area contributed by atoms with Crippen molar-refractivity contribution in [3.05, 3.63) is 41.2 Å². The summed E-state index contributed by atoms with van der Waals surface area (Å²) in [5.74, 6) is 1.94. The van der Waals surface area contributed by atoms with Gasteiger partial charge in [-0.15, -0.1) is 0 Å². The first-order chi connectivity index (χ1) is 12.2. The van der Waals surface area contributed by atoms with Gasteiger partial charge in [0.15, 0.2) is 11.6 Å². The molecule has 25 heavy (non-hydrogen) atoms. The molecule has 1 unspecified atom stereocenters. The van der Waals surface area contributed by atoms with E-state index in [1.807, 2.05) is 0 Å². The van der Waals surface area contributed by atoms with Crippen molar-refractivity contribution < 1.29 is 9.13 Å². The van der Waals surface area contributed by atoms with E-state index in [0.29, 0.717) is 11.7 Å². The van der Waals surface area contributed by atoms with E-state index in [2.05, 4.69) is 32.1 Å². The van der Waals surface area contributed by atoms with Crippen LogP contribution in [0.4, 0.5) is 4.39 Å². The Morgan fingerprint density at radius 2 is 1.84 bits per heavy atom. The molecule has 1 fully saturated rings. The lowest BCUT2D eigenvalue weighted by Crippen LogP contribution is -2.22. The zero-order valence-electron chi connectivity index (χ0n) is 15.9. The number of benzene rings is 1. The first kappa shape index (κ1) is 18.5. The predicted molar refractivity (Wildman–Crippen MR) is 103 cm³/mol. The van der Waals surface area contributed by atoms with E-state index >= 15 is 0 Å². The summed E-state index contributed by atoms with van der Waals surface area (Å²) < 4.78 is 20.4. The van der Waals surface area contributed by atoms with Crippen molar-refractivity contribution in [3.63, 3.8) is 0 Å². The zero-order chi connectivity index (χ0) is 17.6. The van der Waals surface area contributed by atoms with Gasteiger partial charge in [0.05, 0.1) is 0 Å². The summed E-state index contributed by atoms with van der Waals surface area (Å²) in [5.41, 5.74) is 2.15. The van der Waals surface area contributed by atoms with E-state index in [0.717, 1.165) is 42.7 Å². The Hall–Kier alpha value is -1.31. The van der Waals surface area contributed by atoms with Gasteiger partial charge in [-0.3, -0.25) is 0 Å². The third kappa shape index (κ3) is 4.86. The molecule has 3 rings (SSSR count). The van der Waals surface area contributed by atoms with E-state index in [4.69, 9.17) is 4.74 Å². The third-order valence-electron chi connectivity index (χ3n) is 5.87. The number of fused-ring (bicyclic) bond motifs is 1. The van der Waals surface area contributed by atoms with E-state index < -0.39 is 0 Å². The Morgan fingerprint density at radius 3 is 2.56 bits per heavy atom. The van der Waals surface area contributed by atoms with Crippen molar-refractivity contribution >= 4 is 0 Å². The molecule has 1 aliphatic heterocycles. The van der Waals surface area contributed by atoms with Crippen LogP contribution in [-0.2, 0) is 12.8 Å². The minimum Gasteiger partial charge on any atom is -0.483 e. The van der Waals surface area contributed by atoms with E-state index in [1.165, 1.54) is 38.5 Å². The normalized spacial score (nSPS) is 26.4. The molecule has 0 aromatic heterocycles. The topological polar surface area (TPSA) is 9.23 Å². The van der Waals surface area contributed by atoms with Crippen LogP contribution in [-0.4, -0.2) is 6.10 Å². The Labute approximate surface area is 152 Å². The Kier molecular flexibility index (Phi) is 6.56. The highest BCUT2D eigenvalue weighted by molar-refractivity contribution is 5.41. The molecule has 2 aliphatic rings. The van der Waals surface area contributed by atoms with Gasteiger partial charge in [0, 0.05) is 0 Å². The summed E-state index contributed by atoms with van der Waals surface area (Å²) in [6.45, 7) is 4.42. The first-order valence-corrected chi connectivity index (χ1v) is 10.4. The Balaban J connectivity index is 1.56. The zero-order valence-corrected chi connectivity index (χ0v) is 15.9. The maximum Gasteiger partial charge on any atom is 0.165 e. The van der Waals surface area contributed by atoms with Crippen LogP contribution in [0.2, 0.25) is 0 Å². The standard InChI is InChI=1S/C23H33FO/c1-3-5-17-7-9-18(10-8-17)11-13-21-14-12-20-15-19(6-4-2)16-22(24)23(20)25-21/h11,13,15-18,21H,3-10,12,14H2,1-2H3. The van der Waals surface area contributed by atoms with Crippen LogP contribution >= 0.6 is 0 Å². The van der Waals surface area contributed by atoms with Crippen LogP contribution in [0.3, 0.4) is 0 Å². The van der Waals surface area contributed by atoms with E-state index in [9.17, 15) is 4.39 Å². The van der Waals surface area contributed by atoms with Gasteiger partial charge in [-0.2, -0.15) is 0 Å². The smallest absolute Gasteiger partial charge is 0.165 e. The lowest BCUT2D eigenvalue weighted by Gasteiger charge is -2.28. The average Bonchev–Trinajstić information content (AvgIpc) is 2.62. The average molecular weight is 345 g/mol. The predicted octanol–water partition coefficient (Wildman–Crippen LogP) is 6.63. The van der Waals surface area contributed by atoms with Gasteiger partial charge in [0.2, 0.25) is 0 Å². The first-order valence-electron chi connectivity index (χ1n) is 10.4. The van der Waals surface area contributed by atoms with Crippen molar-refractivity contribution in [3.8, 4) is 5.75 Å². The van der Waals surface area contributed by atoms with Crippen LogP contribution in [0.25, 0.3) is 0 Å². The van der Waals surface area contributed by atoms with Crippen LogP contribution in [0.5, 0.6) is 5.75 Å². The number of hydrogen-bond acceptors (Lipinski definition) is 1. The molecule has 0 saturated heterocycles. The molecule has 0 amide bonds. The molecular formula is C23H33FO. The molecule has 2 heteroatoms. The molecule has 0 radical (unpaired) electrons. The van der Waals surface area contributed by atoms with Crippen LogP contribution < -0.4 is 4.74 Å². The minimum atomic E-state index is -0.181. The fourth-order valence-corrected chi connectivity index (χ4v) is 4.47. The van der Waals surface area contributed by atoms with Crippen molar-refractivity contribution in [1.82, 2.24) is 0 Å². The van der Waals surface area contributed by atoms with E-state index in [-0.39, 0.29) is 11.9 Å². The van der Waals surface area contributed by atoms with Crippen molar-refractivity contribution in [2.75, 3.05) is 0 Å². The lowest BCUT2D eigenvalue weighted by molar-refractivity contribution is 0.206. The maximum atomic E-state index is 14.4. The molecular weight excluding hydrogens is 311 g/mol. The molecule has 1 saturated carbocycles. The van der Waals surface area contributed by atoms with Crippen molar-refractivity contribution in [2.45, 2.75) is 84.2 Å². The summed E-state index contributed by atoms with van der Waals surface area (Å²) in [5, 5.41) is 0. The second-order valence-corrected chi connectivity index (χ2v) is 7.97. The SMILES string of the molecule is CCCc1cc(F)c2c(c1)CCC(C=CC1CCC(CCC)CC1)O2. The molecule has 1 atom stereocenters. The molecule has 1 aromatic carbocycles. The third-order valence-corrected chi connectivity index (χ3v) is 5.87. The molecule has 0 bridgehead atoms. The van der Waals surface area contributed by atoms with Crippen LogP contribution in [0.1, 0.15) is 76.3 Å². The summed E-state index contributed by atoms with van der Waals surface area (Å²) >= 11 is 0. The molecule has 1 heterocycles. The fourth-order valence-electron chi connectivity index (χ4n) is 4.47. The quantitative estimate of drug-likeness (QED) is 0.526. The van der Waals surface area contributed by atoms with Crippen molar-refractivity contribution in [1.29, 1.82) is 0 Å². The highest BCUT2D eigenvalue weighted by Crippen LogP contribution is 2.34. The van der Waals surface area contributed by atoms with Gasteiger partial charge >= 0.3 is 0 Å². The van der Waals surface area contributed by atoms with E-state index in [1.54, 1.807) is 6.07 Å². The molecule has 0 spiro atoms. The summed E-state index contributed by atoms with van der Waals surface area (Å²) in [4.78, 5) is 0. The van der Waals surface area contributed by atoms with Gasteiger partial charge in [-0.1, -0.05) is 45.3 Å². The van der Waals surface area contributed by atoms with Gasteiger partial charge in [-0.25, -0.2) is 4.39 Å². The van der Waals surface area contributed by atoms with Gasteiger partial charge in [-0.05, 0) is 80.1 Å². The number of hydrogen-bond donors (Lipinski definition) is 0. The Morgan fingerprint density at radius 1 is 1.04 bits per heavy atom. The number of allylic oxidation sites excluding steroid dienone is 1. The summed E-state index contributed by atoms with van der Waals surface area (Å²) in [7, 11) is 0. The summed E-state index contributed by atoms with van der Waals surface area (Å²) in [6, 6.07) is 3.79. The minimum absolute atomic E-state index is 0.0346. The fraction of sp³-hybridized carbons (Fsp3) is 0.652. The second kappa shape index (κ2) is 8.87. The largest absolute Gasteiger partial charge is 0.483 e. The monoisotopic (exact) mass is 344 g/mol. The second-order valence-electron chi connectivity index (χ2n) is 7.97. The van der Waals surface area contributed by atoms with Gasteiger partial charge in [0.25, 0.3) is 0 Å². The van der Waals surface area contributed by atoms with Crippen LogP contribution in [0.15, 0.2) is 24.3 Å². The number of aryl methyl sites for hydroxylation is 2. The van der Waals surface area contributed by atoms with Gasteiger partial charge < -0.3 is 4.74 Å².